The van der Waals surface area contributed by atoms with Gasteiger partial charge in [-0.3, -0.25) is 0 Å². The summed E-state index contributed by atoms with van der Waals surface area (Å²) < 4.78 is 14.3. The zero-order valence-corrected chi connectivity index (χ0v) is 19.7. The van der Waals surface area contributed by atoms with Gasteiger partial charge in [0.2, 0.25) is 0 Å². The van der Waals surface area contributed by atoms with Gasteiger partial charge in [0, 0.05) is 32.7 Å². The van der Waals surface area contributed by atoms with Gasteiger partial charge in [0.1, 0.15) is 5.82 Å². The van der Waals surface area contributed by atoms with Crippen LogP contribution in [0.3, 0.4) is 0 Å². The average molecular weight is 406 g/mol. The van der Waals surface area contributed by atoms with Crippen molar-refractivity contribution in [2.45, 2.75) is 45.6 Å². The molecule has 1 heterocycles. The van der Waals surface area contributed by atoms with Crippen LogP contribution in [-0.4, -0.2) is 26.1 Å². The van der Waals surface area contributed by atoms with Gasteiger partial charge < -0.3 is 19.7 Å². The summed E-state index contributed by atoms with van der Waals surface area (Å²) in [5.74, 6) is -1.51. The first-order chi connectivity index (χ1) is 13.5. The van der Waals surface area contributed by atoms with Crippen LogP contribution in [0, 0.1) is 5.82 Å². The van der Waals surface area contributed by atoms with Crippen LogP contribution in [0.15, 0.2) is 36.4 Å². The number of aliphatic carboxylic acids is 1. The number of anilines is 2. The number of carboxylic acid groups (broad SMARTS) is 1. The number of hydrogen-bond acceptors (Lipinski definition) is 4. The van der Waals surface area contributed by atoms with Gasteiger partial charge in [-0.25, -0.2) is 4.39 Å². The number of hydrogen-bond donors (Lipinski definition) is 0. The number of nitrogens with zero attached hydrogens (tertiary/aromatic N) is 2. The number of para-hydroxylation sites is 1. The Kier molecular flexibility index (Phi) is 9.00. The molecule has 150 valence electrons. The molecule has 0 saturated carbocycles. The second-order valence-electron chi connectivity index (χ2n) is 7.53. The molecule has 3 rings (SSSR count). The van der Waals surface area contributed by atoms with Crippen molar-refractivity contribution in [3.05, 3.63) is 58.9 Å². The fourth-order valence-electron chi connectivity index (χ4n) is 4.01. The Bertz CT molecular complexity index is 844. The number of benzene rings is 2. The van der Waals surface area contributed by atoms with Gasteiger partial charge in [-0.15, -0.1) is 0 Å². The van der Waals surface area contributed by atoms with Crippen molar-refractivity contribution in [3.63, 3.8) is 0 Å². The van der Waals surface area contributed by atoms with E-state index >= 15 is 0 Å². The van der Waals surface area contributed by atoms with E-state index in [1.54, 1.807) is 6.07 Å². The van der Waals surface area contributed by atoms with Gasteiger partial charge in [0.25, 0.3) is 0 Å². The summed E-state index contributed by atoms with van der Waals surface area (Å²) in [6.07, 6.45) is 3.37. The quantitative estimate of drug-likeness (QED) is 0.592. The molecule has 0 unspecified atom stereocenters. The molecule has 0 aliphatic carbocycles. The molecule has 0 amide bonds. The van der Waals surface area contributed by atoms with Crippen molar-refractivity contribution in [1.82, 2.24) is 0 Å². The Hall–Kier alpha value is -1.56. The normalized spacial score (nSPS) is 12.9. The molecule has 0 bridgehead atoms. The van der Waals surface area contributed by atoms with Gasteiger partial charge in [-0.05, 0) is 60.9 Å². The molecule has 4 nitrogen and oxygen atoms in total. The predicted molar refractivity (Wildman–Crippen MR) is 109 cm³/mol. The number of carbonyl (C=O) groups is 1. The van der Waals surface area contributed by atoms with Crippen LogP contribution < -0.4 is 44.5 Å². The molecule has 0 radical (unpaired) electrons. The number of fused-ring (bicyclic) bond motifs is 1. The van der Waals surface area contributed by atoms with Gasteiger partial charge in [-0.1, -0.05) is 31.2 Å². The van der Waals surface area contributed by atoms with Crippen molar-refractivity contribution in [3.8, 4) is 0 Å². The van der Waals surface area contributed by atoms with Crippen LogP contribution >= 0.6 is 0 Å². The molecule has 0 saturated heterocycles. The third kappa shape index (κ3) is 5.97. The second kappa shape index (κ2) is 11.0. The molecule has 2 aromatic carbocycles. The Morgan fingerprint density at radius 1 is 1.28 bits per heavy atom. The Labute approximate surface area is 195 Å². The number of rotatable bonds is 8. The van der Waals surface area contributed by atoms with E-state index in [1.807, 2.05) is 13.1 Å². The molecule has 1 aliphatic heterocycles. The number of aryl methyl sites for hydroxylation is 2. The maximum atomic E-state index is 14.3. The molecule has 6 heteroatoms. The smallest absolute Gasteiger partial charge is 0.550 e. The van der Waals surface area contributed by atoms with Crippen LogP contribution in [0.25, 0.3) is 0 Å². The van der Waals surface area contributed by atoms with E-state index in [2.05, 4.69) is 34.9 Å². The van der Waals surface area contributed by atoms with Crippen molar-refractivity contribution < 1.29 is 43.8 Å². The Morgan fingerprint density at radius 3 is 2.76 bits per heavy atom. The average Bonchev–Trinajstić information content (AvgIpc) is 2.67. The molecule has 0 aromatic heterocycles. The van der Waals surface area contributed by atoms with Gasteiger partial charge >= 0.3 is 29.6 Å². The largest absolute Gasteiger partial charge is 1.00 e. The van der Waals surface area contributed by atoms with E-state index in [4.69, 9.17) is 0 Å². The summed E-state index contributed by atoms with van der Waals surface area (Å²) in [6.45, 7) is 4.91. The molecule has 1 aliphatic rings. The van der Waals surface area contributed by atoms with Crippen LogP contribution in [0.4, 0.5) is 15.8 Å². The minimum absolute atomic E-state index is 0. The number of halogens is 1. The zero-order valence-electron chi connectivity index (χ0n) is 17.7. The molecule has 0 spiro atoms. The minimum Gasteiger partial charge on any atom is -0.550 e. The molecule has 0 atom stereocenters. The first-order valence-electron chi connectivity index (χ1n) is 10.0. The monoisotopic (exact) mass is 406 g/mol. The van der Waals surface area contributed by atoms with Crippen molar-refractivity contribution in [2.24, 2.45) is 0 Å². The fraction of sp³-hybridized carbons (Fsp3) is 0.435. The summed E-state index contributed by atoms with van der Waals surface area (Å²) in [4.78, 5) is 15.2. The molecule has 29 heavy (non-hydrogen) atoms. The first-order valence-corrected chi connectivity index (χ1v) is 10.0. The molecular formula is C23H28FN2NaO2. The van der Waals surface area contributed by atoms with E-state index in [9.17, 15) is 14.3 Å². The predicted octanol–water partition coefficient (Wildman–Crippen LogP) is 0.311. The Balaban J connectivity index is 0.00000300. The van der Waals surface area contributed by atoms with Crippen LogP contribution in [0.2, 0.25) is 0 Å². The summed E-state index contributed by atoms with van der Waals surface area (Å²) in [7, 11) is 2.04. The van der Waals surface area contributed by atoms with Gasteiger partial charge in [0.15, 0.2) is 0 Å². The maximum absolute atomic E-state index is 14.3. The van der Waals surface area contributed by atoms with E-state index in [0.29, 0.717) is 12.1 Å². The summed E-state index contributed by atoms with van der Waals surface area (Å²) in [6, 6.07) is 11.5. The summed E-state index contributed by atoms with van der Waals surface area (Å²) in [5.41, 5.74) is 5.15. The van der Waals surface area contributed by atoms with Crippen LogP contribution in [-0.2, 0) is 24.2 Å². The molecular weight excluding hydrogens is 378 g/mol. The van der Waals surface area contributed by atoms with E-state index in [-0.39, 0.29) is 48.2 Å². The Morgan fingerprint density at radius 2 is 2.07 bits per heavy atom. The first kappa shape index (κ1) is 23.7. The molecule has 0 N–H and O–H groups in total. The topological polar surface area (TPSA) is 46.6 Å². The van der Waals surface area contributed by atoms with Crippen molar-refractivity contribution >= 4 is 17.3 Å². The summed E-state index contributed by atoms with van der Waals surface area (Å²) >= 11 is 0. The van der Waals surface area contributed by atoms with Crippen LogP contribution in [0.1, 0.15) is 42.9 Å². The number of carbonyl (C=O) groups excluding carboxylic acids is 1. The number of carboxylic acids is 1. The van der Waals surface area contributed by atoms with Crippen molar-refractivity contribution in [1.29, 1.82) is 0 Å². The molecule has 0 fully saturated rings. The third-order valence-corrected chi connectivity index (χ3v) is 5.33. The van der Waals surface area contributed by atoms with Gasteiger partial charge in [0.05, 0.1) is 11.4 Å². The minimum atomic E-state index is -1.16. The fourth-order valence-corrected chi connectivity index (χ4v) is 4.01. The van der Waals surface area contributed by atoms with Crippen LogP contribution in [0.5, 0.6) is 0 Å². The SMILES string of the molecule is CCCN1CCCc2cccc(N(C)Cc3ccc(CCC(=O)[O-])c(F)c3)c21.[Na+]. The standard InChI is InChI=1S/C23H29FN2O2.Na/c1-3-13-26-14-5-7-19-6-4-8-21(23(19)26)25(2)16-17-9-10-18(20(24)15-17)11-12-22(27)28;/h4,6,8-10,15H,3,5,7,11-14,16H2,1-2H3,(H,27,28);/q;+1/p-1. The summed E-state index contributed by atoms with van der Waals surface area (Å²) in [5, 5.41) is 10.6. The third-order valence-electron chi connectivity index (χ3n) is 5.33. The van der Waals surface area contributed by atoms with E-state index in [1.165, 1.54) is 29.4 Å². The zero-order chi connectivity index (χ0) is 20.1. The maximum Gasteiger partial charge on any atom is 1.00 e. The van der Waals surface area contributed by atoms with Crippen molar-refractivity contribution in [2.75, 3.05) is 29.9 Å². The van der Waals surface area contributed by atoms with E-state index in [0.717, 1.165) is 31.5 Å². The molecule has 2 aromatic rings. The second-order valence-corrected chi connectivity index (χ2v) is 7.53. The van der Waals surface area contributed by atoms with E-state index < -0.39 is 5.97 Å². The van der Waals surface area contributed by atoms with Gasteiger partial charge in [-0.2, -0.15) is 0 Å².